The molecule has 0 aromatic carbocycles. The molecule has 0 spiro atoms. The minimum Gasteiger partial charge on any atom is -0.272 e. The molecule has 1 rings (SSSR count). The van der Waals surface area contributed by atoms with Crippen LogP contribution in [-0.4, -0.2) is 11.8 Å². The fourth-order valence-corrected chi connectivity index (χ4v) is 3.55. The third-order valence-electron chi connectivity index (χ3n) is 5.16. The number of hydrogen-bond donors (Lipinski definition) is 0. The topological polar surface area (TPSA) is 48.2 Å². The molecule has 1 radical (unpaired) electrons. The van der Waals surface area contributed by atoms with Crippen LogP contribution in [0.5, 0.6) is 0 Å². The van der Waals surface area contributed by atoms with Crippen molar-refractivity contribution >= 4 is 11.8 Å². The Kier molecular flexibility index (Phi) is 12.8. The van der Waals surface area contributed by atoms with E-state index in [-0.39, 0.29) is 17.7 Å². The molecular weight excluding hydrogens is 298 g/mol. The van der Waals surface area contributed by atoms with Crippen LogP contribution in [0.25, 0.3) is 0 Å². The molecule has 1 saturated heterocycles. The summed E-state index contributed by atoms with van der Waals surface area (Å²) in [6.45, 7) is 2.27. The minimum absolute atomic E-state index is 0.0977. The van der Waals surface area contributed by atoms with Crippen molar-refractivity contribution < 1.29 is 9.59 Å². The maximum atomic E-state index is 11.4. The van der Waals surface area contributed by atoms with Crippen LogP contribution >= 0.6 is 0 Å². The van der Waals surface area contributed by atoms with Crippen molar-refractivity contribution in [3.63, 3.8) is 0 Å². The zero-order chi connectivity index (χ0) is 17.5. The Hall–Kier alpha value is -0.860. The second kappa shape index (κ2) is 14.5. The lowest BCUT2D eigenvalue weighted by Gasteiger charge is -2.05. The molecule has 1 atom stereocenters. The van der Waals surface area contributed by atoms with Crippen LogP contribution in [0, 0.1) is 5.92 Å². The number of hydrogen-bond acceptors (Lipinski definition) is 2. The first-order chi connectivity index (χ1) is 11.7. The summed E-state index contributed by atoms with van der Waals surface area (Å²) >= 11 is 0. The molecule has 0 aromatic rings. The third-order valence-corrected chi connectivity index (χ3v) is 5.16. The van der Waals surface area contributed by atoms with Gasteiger partial charge in [0.25, 0.3) is 5.91 Å². The van der Waals surface area contributed by atoms with Crippen molar-refractivity contribution in [1.82, 2.24) is 5.32 Å². The van der Waals surface area contributed by atoms with Gasteiger partial charge in [0.2, 0.25) is 5.91 Å². The van der Waals surface area contributed by atoms with E-state index in [4.69, 9.17) is 0 Å². The van der Waals surface area contributed by atoms with Gasteiger partial charge >= 0.3 is 0 Å². The lowest BCUT2D eigenvalue weighted by Crippen LogP contribution is -2.14. The van der Waals surface area contributed by atoms with Gasteiger partial charge in [0.05, 0.1) is 0 Å². The SMILES string of the molecule is CCCCCCCCCCCCCCCCCC1CC(=O)[N]C1=O. The number of imide groups is 1. The predicted molar refractivity (Wildman–Crippen MR) is 99.8 cm³/mol. The van der Waals surface area contributed by atoms with Crippen molar-refractivity contribution in [2.24, 2.45) is 5.92 Å². The van der Waals surface area contributed by atoms with Gasteiger partial charge in [-0.15, -0.1) is 0 Å². The first-order valence-corrected chi connectivity index (χ1v) is 10.5. The molecule has 0 aliphatic carbocycles. The first-order valence-electron chi connectivity index (χ1n) is 10.5. The zero-order valence-corrected chi connectivity index (χ0v) is 15.9. The van der Waals surface area contributed by atoms with E-state index in [9.17, 15) is 9.59 Å². The molecule has 0 saturated carbocycles. The van der Waals surface area contributed by atoms with Gasteiger partial charge in [-0.1, -0.05) is 103 Å². The van der Waals surface area contributed by atoms with Crippen LogP contribution in [0.4, 0.5) is 0 Å². The summed E-state index contributed by atoms with van der Waals surface area (Å²) in [5.74, 6) is -0.490. The highest BCUT2D eigenvalue weighted by molar-refractivity contribution is 6.02. The van der Waals surface area contributed by atoms with E-state index in [1.165, 1.54) is 89.9 Å². The molecule has 3 heteroatoms. The lowest BCUT2D eigenvalue weighted by molar-refractivity contribution is -0.126. The van der Waals surface area contributed by atoms with Gasteiger partial charge in [0.15, 0.2) is 0 Å². The summed E-state index contributed by atoms with van der Waals surface area (Å²) in [5.41, 5.74) is 0. The van der Waals surface area contributed by atoms with E-state index in [0.717, 1.165) is 12.8 Å². The maximum absolute atomic E-state index is 11.4. The summed E-state index contributed by atoms with van der Waals surface area (Å²) in [7, 11) is 0. The van der Waals surface area contributed by atoms with E-state index < -0.39 is 0 Å². The minimum atomic E-state index is -0.217. The largest absolute Gasteiger partial charge is 0.272 e. The second-order valence-electron chi connectivity index (χ2n) is 7.48. The van der Waals surface area contributed by atoms with Crippen LogP contribution in [-0.2, 0) is 9.59 Å². The van der Waals surface area contributed by atoms with E-state index in [1.807, 2.05) is 0 Å². The smallest absolute Gasteiger partial charge is 0.252 e. The molecule has 3 nitrogen and oxygen atoms in total. The number of nitrogens with zero attached hydrogens (tertiary/aromatic N) is 1. The van der Waals surface area contributed by atoms with Gasteiger partial charge in [0.1, 0.15) is 0 Å². The molecule has 24 heavy (non-hydrogen) atoms. The molecule has 0 aromatic heterocycles. The standard InChI is InChI=1S/C21H38NO2/c1-2-3-4-5-6-7-8-9-10-11-12-13-14-15-16-17-19-18-20(23)22-21(19)24/h19H,2-18H2,1H3. The number of rotatable bonds is 16. The monoisotopic (exact) mass is 336 g/mol. The molecule has 1 heterocycles. The average Bonchev–Trinajstić information content (AvgIpc) is 2.88. The number of unbranched alkanes of at least 4 members (excludes halogenated alkanes) is 14. The summed E-state index contributed by atoms with van der Waals surface area (Å²) in [4.78, 5) is 22.4. The maximum Gasteiger partial charge on any atom is 0.252 e. The van der Waals surface area contributed by atoms with Gasteiger partial charge in [-0.25, -0.2) is 0 Å². The van der Waals surface area contributed by atoms with Gasteiger partial charge in [-0.05, 0) is 6.42 Å². The highest BCUT2D eigenvalue weighted by Crippen LogP contribution is 2.20. The quantitative estimate of drug-likeness (QED) is 0.259. The van der Waals surface area contributed by atoms with Crippen LogP contribution < -0.4 is 5.32 Å². The number of carbonyl (C=O) groups excluding carboxylic acids is 2. The van der Waals surface area contributed by atoms with Crippen LogP contribution in [0.15, 0.2) is 0 Å². The molecule has 0 N–H and O–H groups in total. The van der Waals surface area contributed by atoms with Crippen molar-refractivity contribution in [3.8, 4) is 0 Å². The van der Waals surface area contributed by atoms with E-state index in [1.54, 1.807) is 0 Å². The normalized spacial score (nSPS) is 17.5. The van der Waals surface area contributed by atoms with Crippen LogP contribution in [0.1, 0.15) is 116 Å². The van der Waals surface area contributed by atoms with Crippen LogP contribution in [0.3, 0.4) is 0 Å². The molecular formula is C21H38NO2. The Morgan fingerprint density at radius 2 is 1.12 bits per heavy atom. The molecule has 1 fully saturated rings. The summed E-state index contributed by atoms with van der Waals surface area (Å²) in [6, 6.07) is 0. The Labute approximate surface area is 149 Å². The molecule has 2 amide bonds. The highest BCUT2D eigenvalue weighted by Gasteiger charge is 2.31. The third kappa shape index (κ3) is 10.8. The highest BCUT2D eigenvalue weighted by atomic mass is 16.2. The van der Waals surface area contributed by atoms with E-state index >= 15 is 0 Å². The molecule has 0 bridgehead atoms. The zero-order valence-electron chi connectivity index (χ0n) is 15.9. The Balaban J connectivity index is 1.73. The van der Waals surface area contributed by atoms with Gasteiger partial charge < -0.3 is 0 Å². The molecule has 1 unspecified atom stereocenters. The fourth-order valence-electron chi connectivity index (χ4n) is 3.55. The number of amides is 2. The summed E-state index contributed by atoms with van der Waals surface area (Å²) < 4.78 is 0. The Bertz CT molecular complexity index is 341. The molecule has 139 valence electrons. The molecule has 1 aliphatic heterocycles. The van der Waals surface area contributed by atoms with Crippen LogP contribution in [0.2, 0.25) is 0 Å². The first kappa shape index (κ1) is 21.2. The van der Waals surface area contributed by atoms with Crippen molar-refractivity contribution in [2.75, 3.05) is 0 Å². The fraction of sp³-hybridized carbons (Fsp3) is 0.905. The van der Waals surface area contributed by atoms with E-state index in [2.05, 4.69) is 12.2 Å². The Morgan fingerprint density at radius 3 is 1.50 bits per heavy atom. The summed E-state index contributed by atoms with van der Waals surface area (Å²) in [5, 5.41) is 3.48. The van der Waals surface area contributed by atoms with Crippen molar-refractivity contribution in [1.29, 1.82) is 0 Å². The van der Waals surface area contributed by atoms with E-state index in [0.29, 0.717) is 6.42 Å². The average molecular weight is 337 g/mol. The van der Waals surface area contributed by atoms with Crippen molar-refractivity contribution in [3.05, 3.63) is 0 Å². The van der Waals surface area contributed by atoms with Gasteiger partial charge in [-0.2, -0.15) is 5.32 Å². The van der Waals surface area contributed by atoms with Crippen molar-refractivity contribution in [2.45, 2.75) is 116 Å². The summed E-state index contributed by atoms with van der Waals surface area (Å²) in [6.07, 6.45) is 21.5. The molecule has 1 aliphatic rings. The lowest BCUT2D eigenvalue weighted by atomic mass is 9.98. The Morgan fingerprint density at radius 1 is 0.708 bits per heavy atom. The van der Waals surface area contributed by atoms with Gasteiger partial charge in [0, 0.05) is 12.3 Å². The predicted octanol–water partition coefficient (Wildman–Crippen LogP) is 5.93. The second-order valence-corrected chi connectivity index (χ2v) is 7.48. The number of carbonyl (C=O) groups is 2. The van der Waals surface area contributed by atoms with Gasteiger partial charge in [-0.3, -0.25) is 9.59 Å².